The van der Waals surface area contributed by atoms with Gasteiger partial charge in [0, 0.05) is 4.47 Å². The van der Waals surface area contributed by atoms with E-state index in [1.165, 1.54) is 0 Å². The van der Waals surface area contributed by atoms with Crippen molar-refractivity contribution >= 4 is 21.8 Å². The molecule has 1 heterocycles. The van der Waals surface area contributed by atoms with Crippen LogP contribution in [0.4, 0.5) is 0 Å². The van der Waals surface area contributed by atoms with Crippen molar-refractivity contribution in [3.05, 3.63) is 28.7 Å². The number of nitrogens with zero attached hydrogens (tertiary/aromatic N) is 1. The van der Waals surface area contributed by atoms with Gasteiger partial charge < -0.3 is 9.47 Å². The fraction of sp³-hybridized carbons (Fsp3) is 0.462. The Hall–Kier alpha value is -1.03. The molecule has 0 N–H and O–H groups in total. The monoisotopic (exact) mass is 297 g/mol. The zero-order valence-corrected chi connectivity index (χ0v) is 11.6. The molecule has 0 aromatic heterocycles. The molecule has 1 aromatic rings. The minimum absolute atomic E-state index is 0.207. The van der Waals surface area contributed by atoms with Crippen molar-refractivity contribution < 1.29 is 9.47 Å². The van der Waals surface area contributed by atoms with E-state index in [9.17, 15) is 0 Å². The summed E-state index contributed by atoms with van der Waals surface area (Å²) < 4.78 is 12.3. The summed E-state index contributed by atoms with van der Waals surface area (Å²) in [6, 6.07) is 7.97. The number of aliphatic imine (C=N–C) groups is 1. The lowest BCUT2D eigenvalue weighted by atomic mass is 10.1. The van der Waals surface area contributed by atoms with Crippen LogP contribution in [0.5, 0.6) is 5.75 Å². The van der Waals surface area contributed by atoms with Crippen LogP contribution >= 0.6 is 15.9 Å². The standard InChI is InChI=1S/C13H16BrNO2/c1-3-12-9(2)15-13(17-12)8-16-11-6-4-10(14)5-7-11/h4-7,9,12H,3,8H2,1-2H3. The molecular weight excluding hydrogens is 282 g/mol. The van der Waals surface area contributed by atoms with E-state index in [1.807, 2.05) is 24.3 Å². The van der Waals surface area contributed by atoms with E-state index in [0.29, 0.717) is 12.5 Å². The van der Waals surface area contributed by atoms with Crippen molar-refractivity contribution in [3.8, 4) is 5.75 Å². The van der Waals surface area contributed by atoms with Crippen LogP contribution < -0.4 is 4.74 Å². The maximum Gasteiger partial charge on any atom is 0.223 e. The summed E-state index contributed by atoms with van der Waals surface area (Å²) in [6.07, 6.45) is 1.19. The summed E-state index contributed by atoms with van der Waals surface area (Å²) in [5, 5.41) is 0. The molecule has 3 nitrogen and oxygen atoms in total. The maximum atomic E-state index is 5.68. The Balaban J connectivity index is 1.87. The minimum Gasteiger partial charge on any atom is -0.484 e. The maximum absolute atomic E-state index is 5.68. The van der Waals surface area contributed by atoms with Crippen LogP contribution in [0, 0.1) is 0 Å². The van der Waals surface area contributed by atoms with Crippen LogP contribution in [0.25, 0.3) is 0 Å². The summed E-state index contributed by atoms with van der Waals surface area (Å²) >= 11 is 3.38. The molecule has 0 spiro atoms. The van der Waals surface area contributed by atoms with E-state index in [4.69, 9.17) is 9.47 Å². The van der Waals surface area contributed by atoms with Gasteiger partial charge in [-0.3, -0.25) is 0 Å². The summed E-state index contributed by atoms with van der Waals surface area (Å²) in [7, 11) is 0. The first-order valence-corrected chi connectivity index (χ1v) is 6.60. The highest BCUT2D eigenvalue weighted by molar-refractivity contribution is 9.10. The van der Waals surface area contributed by atoms with Crippen molar-refractivity contribution in [1.29, 1.82) is 0 Å². The molecule has 1 aliphatic heterocycles. The van der Waals surface area contributed by atoms with E-state index in [-0.39, 0.29) is 12.1 Å². The van der Waals surface area contributed by atoms with E-state index < -0.39 is 0 Å². The van der Waals surface area contributed by atoms with Gasteiger partial charge in [0.1, 0.15) is 11.9 Å². The SMILES string of the molecule is CCC1OC(COc2ccc(Br)cc2)=NC1C. The van der Waals surface area contributed by atoms with Gasteiger partial charge >= 0.3 is 0 Å². The van der Waals surface area contributed by atoms with Gasteiger partial charge in [-0.05, 0) is 37.6 Å². The molecule has 0 bridgehead atoms. The van der Waals surface area contributed by atoms with Crippen LogP contribution in [0.15, 0.2) is 33.7 Å². The summed E-state index contributed by atoms with van der Waals surface area (Å²) in [4.78, 5) is 4.43. The second kappa shape index (κ2) is 5.54. The molecule has 0 saturated carbocycles. The second-order valence-corrected chi connectivity index (χ2v) is 4.99. The number of hydrogen-bond donors (Lipinski definition) is 0. The third kappa shape index (κ3) is 3.22. The highest BCUT2D eigenvalue weighted by Gasteiger charge is 2.25. The Morgan fingerprint density at radius 1 is 1.35 bits per heavy atom. The predicted molar refractivity (Wildman–Crippen MR) is 71.7 cm³/mol. The first-order valence-electron chi connectivity index (χ1n) is 5.80. The fourth-order valence-electron chi connectivity index (χ4n) is 1.79. The van der Waals surface area contributed by atoms with Gasteiger partial charge in [-0.25, -0.2) is 4.99 Å². The van der Waals surface area contributed by atoms with Crippen molar-refractivity contribution in [2.75, 3.05) is 6.61 Å². The van der Waals surface area contributed by atoms with Gasteiger partial charge in [0.2, 0.25) is 5.90 Å². The zero-order valence-electron chi connectivity index (χ0n) is 10.0. The van der Waals surface area contributed by atoms with Gasteiger partial charge in [0.05, 0.1) is 6.04 Å². The van der Waals surface area contributed by atoms with Gasteiger partial charge in [-0.2, -0.15) is 0 Å². The molecule has 0 fully saturated rings. The average molecular weight is 298 g/mol. The van der Waals surface area contributed by atoms with Crippen LogP contribution in [0.2, 0.25) is 0 Å². The first kappa shape index (κ1) is 12.4. The number of hydrogen-bond acceptors (Lipinski definition) is 3. The molecule has 1 aromatic carbocycles. The van der Waals surface area contributed by atoms with Gasteiger partial charge in [-0.1, -0.05) is 22.9 Å². The van der Waals surface area contributed by atoms with Crippen molar-refractivity contribution in [3.63, 3.8) is 0 Å². The number of rotatable bonds is 4. The van der Waals surface area contributed by atoms with E-state index in [1.54, 1.807) is 0 Å². The van der Waals surface area contributed by atoms with Gasteiger partial charge in [0.25, 0.3) is 0 Å². The van der Waals surface area contributed by atoms with E-state index in [0.717, 1.165) is 16.6 Å². The third-order valence-corrected chi connectivity index (χ3v) is 3.28. The summed E-state index contributed by atoms with van der Waals surface area (Å²) in [5.74, 6) is 1.53. The van der Waals surface area contributed by atoms with Gasteiger partial charge in [0.15, 0.2) is 6.61 Å². The minimum atomic E-state index is 0.207. The molecule has 0 aliphatic carbocycles. The Labute approximate surface area is 110 Å². The zero-order chi connectivity index (χ0) is 12.3. The smallest absolute Gasteiger partial charge is 0.223 e. The highest BCUT2D eigenvalue weighted by atomic mass is 79.9. The molecule has 2 atom stereocenters. The Bertz CT molecular complexity index is 402. The number of benzene rings is 1. The van der Waals surface area contributed by atoms with Crippen molar-refractivity contribution in [2.45, 2.75) is 32.4 Å². The molecule has 2 unspecified atom stereocenters. The van der Waals surface area contributed by atoms with Crippen molar-refractivity contribution in [2.24, 2.45) is 4.99 Å². The molecule has 0 amide bonds. The molecular formula is C13H16BrNO2. The molecule has 92 valence electrons. The largest absolute Gasteiger partial charge is 0.484 e. The van der Waals surface area contributed by atoms with Gasteiger partial charge in [-0.15, -0.1) is 0 Å². The van der Waals surface area contributed by atoms with E-state index >= 15 is 0 Å². The molecule has 0 radical (unpaired) electrons. The van der Waals surface area contributed by atoms with Crippen LogP contribution in [-0.4, -0.2) is 24.7 Å². The van der Waals surface area contributed by atoms with Crippen LogP contribution in [0.3, 0.4) is 0 Å². The van der Waals surface area contributed by atoms with E-state index in [2.05, 4.69) is 34.8 Å². The van der Waals surface area contributed by atoms with Crippen molar-refractivity contribution in [1.82, 2.24) is 0 Å². The number of halogens is 1. The Morgan fingerprint density at radius 2 is 2.06 bits per heavy atom. The summed E-state index contributed by atoms with van der Waals surface area (Å²) in [5.41, 5.74) is 0. The van der Waals surface area contributed by atoms with Crippen LogP contribution in [-0.2, 0) is 4.74 Å². The lowest BCUT2D eigenvalue weighted by Gasteiger charge is -2.12. The quantitative estimate of drug-likeness (QED) is 0.852. The second-order valence-electron chi connectivity index (χ2n) is 4.07. The third-order valence-electron chi connectivity index (χ3n) is 2.75. The Morgan fingerprint density at radius 3 is 2.65 bits per heavy atom. The normalized spacial score (nSPS) is 23.1. The highest BCUT2D eigenvalue weighted by Crippen LogP contribution is 2.19. The summed E-state index contributed by atoms with van der Waals surface area (Å²) in [6.45, 7) is 4.58. The molecule has 17 heavy (non-hydrogen) atoms. The van der Waals surface area contributed by atoms with Crippen LogP contribution in [0.1, 0.15) is 20.3 Å². The molecule has 2 rings (SSSR count). The lowest BCUT2D eigenvalue weighted by Crippen LogP contribution is -2.20. The topological polar surface area (TPSA) is 30.8 Å². The fourth-order valence-corrected chi connectivity index (χ4v) is 2.05. The predicted octanol–water partition coefficient (Wildman–Crippen LogP) is 3.42. The first-order chi connectivity index (χ1) is 8.19. The lowest BCUT2D eigenvalue weighted by molar-refractivity contribution is 0.179. The Kier molecular flexibility index (Phi) is 4.05. The number of ether oxygens (including phenoxy) is 2. The molecule has 1 aliphatic rings. The average Bonchev–Trinajstić information content (AvgIpc) is 2.69. The molecule has 0 saturated heterocycles. The molecule has 4 heteroatoms.